The number of amides is 2. The van der Waals surface area contributed by atoms with Crippen molar-refractivity contribution in [2.45, 2.75) is 38.3 Å². The van der Waals surface area contributed by atoms with Gasteiger partial charge < -0.3 is 26.0 Å². The van der Waals surface area contributed by atoms with Gasteiger partial charge in [-0.05, 0) is 36.5 Å². The van der Waals surface area contributed by atoms with Gasteiger partial charge in [-0.1, -0.05) is 30.3 Å². The summed E-state index contributed by atoms with van der Waals surface area (Å²) in [5, 5.41) is 4.67. The van der Waals surface area contributed by atoms with E-state index in [2.05, 4.69) is 5.10 Å². The first-order valence-corrected chi connectivity index (χ1v) is 11.8. The second kappa shape index (κ2) is 12.3. The molecule has 2 heterocycles. The number of ether oxygens (including phenoxy) is 1. The molecule has 4 rings (SSSR count). The van der Waals surface area contributed by atoms with Crippen LogP contribution in [-0.4, -0.2) is 56.1 Å². The Morgan fingerprint density at radius 2 is 1.92 bits per heavy atom. The molecule has 1 saturated heterocycles. The van der Waals surface area contributed by atoms with Crippen molar-refractivity contribution in [3.8, 4) is 0 Å². The summed E-state index contributed by atoms with van der Waals surface area (Å²) in [6.07, 6.45) is 3.26. The van der Waals surface area contributed by atoms with Crippen LogP contribution in [0.4, 0.5) is 15.8 Å². The van der Waals surface area contributed by atoms with E-state index in [-0.39, 0.29) is 23.7 Å². The molecule has 0 spiro atoms. The molecule has 0 bridgehead atoms. The van der Waals surface area contributed by atoms with Crippen LogP contribution in [0, 0.1) is 5.82 Å². The first-order valence-electron chi connectivity index (χ1n) is 11.8. The van der Waals surface area contributed by atoms with E-state index in [9.17, 15) is 14.0 Å². The lowest BCUT2D eigenvalue weighted by molar-refractivity contribution is -0.118. The molecule has 0 aliphatic carbocycles. The summed E-state index contributed by atoms with van der Waals surface area (Å²) < 4.78 is 19.8. The fourth-order valence-electron chi connectivity index (χ4n) is 4.21. The quantitative estimate of drug-likeness (QED) is 0.245. The molecule has 2 aliphatic heterocycles. The van der Waals surface area contributed by atoms with Crippen molar-refractivity contribution in [3.05, 3.63) is 59.4 Å². The van der Waals surface area contributed by atoms with Crippen LogP contribution in [0.5, 0.6) is 0 Å². The number of nitrogens with zero attached hydrogens (tertiary/aromatic N) is 4. The van der Waals surface area contributed by atoms with Crippen LogP contribution in [0.25, 0.3) is 0 Å². The van der Waals surface area contributed by atoms with E-state index in [0.29, 0.717) is 24.3 Å². The molecule has 0 saturated carbocycles. The molecule has 2 aliphatic rings. The zero-order chi connectivity index (χ0) is 26.2. The average molecular weight is 500 g/mol. The van der Waals surface area contributed by atoms with Gasteiger partial charge in [0.1, 0.15) is 5.82 Å². The van der Waals surface area contributed by atoms with Gasteiger partial charge in [-0.3, -0.25) is 9.59 Å². The van der Waals surface area contributed by atoms with Crippen LogP contribution in [-0.2, 0) is 27.3 Å². The number of anilines is 2. The number of carbonyl (C=O) groups excluding carboxylic acids is 2. The number of aryl methyl sites for hydroxylation is 1. The molecule has 1 atom stereocenters. The van der Waals surface area contributed by atoms with E-state index in [4.69, 9.17) is 22.0 Å². The number of methoxy groups -OCH3 is 1. The smallest absolute Gasteiger partial charge is 0.285 e. The maximum Gasteiger partial charge on any atom is 0.285 e. The summed E-state index contributed by atoms with van der Waals surface area (Å²) in [4.78, 5) is 26.1. The summed E-state index contributed by atoms with van der Waals surface area (Å²) in [6, 6.07) is 12.8. The number of amidine groups is 1. The van der Waals surface area contributed by atoms with Crippen LogP contribution < -0.4 is 27.1 Å². The lowest BCUT2D eigenvalue weighted by Crippen LogP contribution is -2.36. The summed E-state index contributed by atoms with van der Waals surface area (Å²) in [5.41, 5.74) is 13.5. The van der Waals surface area contributed by atoms with E-state index in [1.54, 1.807) is 19.1 Å². The zero-order valence-corrected chi connectivity index (χ0v) is 20.7. The van der Waals surface area contributed by atoms with Crippen molar-refractivity contribution < 1.29 is 18.7 Å². The fraction of sp³-hybridized carbons (Fsp3) is 0.400. The van der Waals surface area contributed by atoms with Gasteiger partial charge in [-0.15, -0.1) is 5.10 Å². The highest BCUT2D eigenvalue weighted by molar-refractivity contribution is 6.36. The van der Waals surface area contributed by atoms with Gasteiger partial charge in [0.15, 0.2) is 0 Å². The van der Waals surface area contributed by atoms with Crippen molar-refractivity contribution in [2.24, 2.45) is 22.4 Å². The van der Waals surface area contributed by atoms with Gasteiger partial charge in [-0.25, -0.2) is 15.4 Å². The normalized spacial score (nSPS) is 17.7. The highest BCUT2D eigenvalue weighted by atomic mass is 19.1. The Kier molecular flexibility index (Phi) is 9.20. The minimum absolute atomic E-state index is 0.0570. The number of hydrogen-bond acceptors (Lipinski definition) is 7. The highest BCUT2D eigenvalue weighted by Gasteiger charge is 2.27. The first kappa shape index (κ1) is 26.9. The minimum atomic E-state index is -0.793. The number of benzene rings is 2. The second-order valence-corrected chi connectivity index (χ2v) is 8.76. The van der Waals surface area contributed by atoms with Crippen LogP contribution >= 0.6 is 0 Å². The highest BCUT2D eigenvalue weighted by Crippen LogP contribution is 2.34. The van der Waals surface area contributed by atoms with E-state index >= 15 is 0 Å². The van der Waals surface area contributed by atoms with Crippen LogP contribution in [0.15, 0.2) is 47.6 Å². The number of halogens is 1. The Morgan fingerprint density at radius 1 is 1.19 bits per heavy atom. The molecule has 6 N–H and O–H groups in total. The number of rotatable bonds is 5. The van der Waals surface area contributed by atoms with Crippen LogP contribution in [0.1, 0.15) is 30.4 Å². The van der Waals surface area contributed by atoms with Gasteiger partial charge in [-0.2, -0.15) is 0 Å². The fourth-order valence-corrected chi connectivity index (χ4v) is 4.21. The third kappa shape index (κ3) is 6.92. The molecule has 2 amide bonds. The van der Waals surface area contributed by atoms with Gasteiger partial charge >= 0.3 is 0 Å². The molecular weight excluding hydrogens is 465 g/mol. The lowest BCUT2D eigenvalue weighted by Gasteiger charge is -2.23. The number of hydrazone groups is 1. The zero-order valence-electron chi connectivity index (χ0n) is 20.7. The second-order valence-electron chi connectivity index (χ2n) is 8.76. The summed E-state index contributed by atoms with van der Waals surface area (Å²) in [5.74, 6) is 4.20. The number of hydrazine groups is 1. The predicted octanol–water partition coefficient (Wildman–Crippen LogP) is 1.47. The van der Waals surface area contributed by atoms with Gasteiger partial charge in [0.25, 0.3) is 5.91 Å². The maximum absolute atomic E-state index is 14.5. The Morgan fingerprint density at radius 3 is 2.56 bits per heavy atom. The predicted molar refractivity (Wildman–Crippen MR) is 137 cm³/mol. The number of fused-ring (bicyclic) bond motifs is 1. The first-order chi connectivity index (χ1) is 17.2. The number of primary amides is 1. The monoisotopic (exact) mass is 499 g/mol. The molecule has 1 unspecified atom stereocenters. The third-order valence-corrected chi connectivity index (χ3v) is 6.22. The summed E-state index contributed by atoms with van der Waals surface area (Å²) >= 11 is 0. The summed E-state index contributed by atoms with van der Waals surface area (Å²) in [6.45, 7) is 1.89. The number of hydrogen-bond donors (Lipinski definition) is 3. The standard InChI is InChI=1S/C16H21FN2O2.C9H13N5O/c1-18-14-9-13(17)15(19-7-6-12(10-19)21-2)8-11(14)4-3-5-16(18)20;10-8(9(11)15)13-14(12)6-7-4-2-1-3-5-7/h8-9,12H,3-7,10H2,1-2H3;1-5H,6,12H2,(H2,10,13)(H2,11,15). The summed E-state index contributed by atoms with van der Waals surface area (Å²) in [7, 11) is 3.42. The average Bonchev–Trinajstić information content (AvgIpc) is 3.29. The molecule has 36 heavy (non-hydrogen) atoms. The molecule has 1 fully saturated rings. The molecule has 2 aromatic rings. The van der Waals surface area contributed by atoms with Crippen molar-refractivity contribution in [3.63, 3.8) is 0 Å². The molecule has 0 aromatic heterocycles. The minimum Gasteiger partial charge on any atom is -0.380 e. The van der Waals surface area contributed by atoms with Crippen molar-refractivity contribution in [1.82, 2.24) is 5.12 Å². The Balaban J connectivity index is 0.000000214. The van der Waals surface area contributed by atoms with Gasteiger partial charge in [0.2, 0.25) is 11.7 Å². The third-order valence-electron chi connectivity index (χ3n) is 6.22. The van der Waals surface area contributed by atoms with E-state index < -0.39 is 5.91 Å². The molecule has 11 heteroatoms. The van der Waals surface area contributed by atoms with E-state index in [1.165, 1.54) is 6.07 Å². The molecular formula is C25H34FN7O3. The SMILES string of the molecule is COC1CCN(c2cc3c(cc2F)N(C)C(=O)CCC3)C1.NC(=O)/C(N)=N/N(N)Cc1ccccc1. The number of nitrogens with two attached hydrogens (primary N) is 3. The van der Waals surface area contributed by atoms with E-state index in [0.717, 1.165) is 48.6 Å². The van der Waals surface area contributed by atoms with Crippen molar-refractivity contribution in [2.75, 3.05) is 37.0 Å². The van der Waals surface area contributed by atoms with Gasteiger partial charge in [0, 0.05) is 45.4 Å². The van der Waals surface area contributed by atoms with Crippen LogP contribution in [0.2, 0.25) is 0 Å². The van der Waals surface area contributed by atoms with Crippen molar-refractivity contribution >= 4 is 29.0 Å². The van der Waals surface area contributed by atoms with E-state index in [1.807, 2.05) is 41.3 Å². The molecule has 0 radical (unpaired) electrons. The lowest BCUT2D eigenvalue weighted by atomic mass is 10.1. The molecule has 10 nitrogen and oxygen atoms in total. The van der Waals surface area contributed by atoms with Gasteiger partial charge in [0.05, 0.1) is 18.3 Å². The Hall–Kier alpha value is -3.70. The molecule has 2 aromatic carbocycles. The Labute approximate surface area is 210 Å². The van der Waals surface area contributed by atoms with Crippen molar-refractivity contribution in [1.29, 1.82) is 0 Å². The molecule has 194 valence electrons. The maximum atomic E-state index is 14.5. The largest absolute Gasteiger partial charge is 0.380 e. The van der Waals surface area contributed by atoms with Crippen LogP contribution in [0.3, 0.4) is 0 Å². The Bertz CT molecular complexity index is 1100. The number of carbonyl (C=O) groups is 2. The topological polar surface area (TPSA) is 144 Å².